The summed E-state index contributed by atoms with van der Waals surface area (Å²) in [5.41, 5.74) is -2.11. The quantitative estimate of drug-likeness (QED) is 0.297. The third-order valence-electron chi connectivity index (χ3n) is 4.79. The summed E-state index contributed by atoms with van der Waals surface area (Å²) >= 11 is 18.5. The minimum absolute atomic E-state index is 0.0357. The molecule has 3 rings (SSSR count). The molecule has 0 bridgehead atoms. The van der Waals surface area contributed by atoms with Crippen LogP contribution in [0, 0.1) is 0 Å². The molecule has 2 heterocycles. The van der Waals surface area contributed by atoms with E-state index in [0.29, 0.717) is 22.3 Å². The van der Waals surface area contributed by atoms with Crippen molar-refractivity contribution in [2.45, 2.75) is 32.9 Å². The molecule has 7 nitrogen and oxygen atoms in total. The van der Waals surface area contributed by atoms with Gasteiger partial charge in [-0.3, -0.25) is 9.59 Å². The molecule has 14 heteroatoms. The number of benzene rings is 1. The Balaban J connectivity index is 2.09. The second-order valence-corrected chi connectivity index (χ2v) is 10.8. The van der Waals surface area contributed by atoms with E-state index >= 15 is 0 Å². The summed E-state index contributed by atoms with van der Waals surface area (Å²) in [6.07, 6.45) is -1.92. The van der Waals surface area contributed by atoms with Crippen LogP contribution in [0.25, 0.3) is 5.82 Å². The molecule has 0 aliphatic carbocycles. The van der Waals surface area contributed by atoms with Gasteiger partial charge < -0.3 is 5.32 Å². The number of carbonyl (C=O) groups excluding carboxylic acids is 2. The Morgan fingerprint density at radius 2 is 1.76 bits per heavy atom. The third kappa shape index (κ3) is 7.10. The number of alkyl halides is 3. The Labute approximate surface area is 228 Å². The van der Waals surface area contributed by atoms with Gasteiger partial charge in [-0.1, -0.05) is 59.3 Å². The van der Waals surface area contributed by atoms with Gasteiger partial charge in [0.25, 0.3) is 11.8 Å². The lowest BCUT2D eigenvalue weighted by Crippen LogP contribution is -2.19. The average Bonchev–Trinajstić information content (AvgIpc) is 3.27. The van der Waals surface area contributed by atoms with Crippen molar-refractivity contribution < 1.29 is 22.8 Å². The topological polar surface area (TPSA) is 89.2 Å². The Hall–Kier alpha value is -2.47. The van der Waals surface area contributed by atoms with Crippen LogP contribution in [-0.2, 0) is 16.9 Å². The number of hydrogen-bond acceptors (Lipinski definition) is 4. The van der Waals surface area contributed by atoms with E-state index in [0.717, 1.165) is 12.8 Å². The molecule has 0 atom stereocenters. The van der Waals surface area contributed by atoms with Gasteiger partial charge in [0.05, 0.1) is 21.3 Å². The molecule has 198 valence electrons. The maximum atomic E-state index is 13.5. The zero-order valence-electron chi connectivity index (χ0n) is 19.6. The highest BCUT2D eigenvalue weighted by Crippen LogP contribution is 2.33. The highest BCUT2D eigenvalue weighted by molar-refractivity contribution is 7.87. The zero-order valence-corrected chi connectivity index (χ0v) is 22.7. The molecule has 0 saturated heterocycles. The molecule has 0 unspecified atom stereocenters. The van der Waals surface area contributed by atoms with E-state index in [1.54, 1.807) is 0 Å². The van der Waals surface area contributed by atoms with Crippen LogP contribution in [0.1, 0.15) is 53.2 Å². The van der Waals surface area contributed by atoms with Crippen molar-refractivity contribution in [3.8, 4) is 5.82 Å². The lowest BCUT2D eigenvalue weighted by Gasteiger charge is -2.13. The molecule has 0 saturated carbocycles. The second-order valence-electron chi connectivity index (χ2n) is 7.66. The number of anilines is 1. The van der Waals surface area contributed by atoms with Gasteiger partial charge in [-0.15, -0.1) is 0 Å². The molecule has 0 aliphatic heterocycles. The first-order chi connectivity index (χ1) is 17.5. The van der Waals surface area contributed by atoms with Crippen molar-refractivity contribution in [2.24, 2.45) is 4.36 Å². The molecule has 0 fully saturated rings. The lowest BCUT2D eigenvalue weighted by molar-refractivity contribution is -0.141. The van der Waals surface area contributed by atoms with Crippen molar-refractivity contribution in [3.63, 3.8) is 0 Å². The first-order valence-corrected chi connectivity index (χ1v) is 13.6. The molecule has 0 radical (unpaired) electrons. The number of amides is 2. The Morgan fingerprint density at radius 1 is 1.08 bits per heavy atom. The van der Waals surface area contributed by atoms with E-state index in [1.807, 2.05) is 13.8 Å². The van der Waals surface area contributed by atoms with Gasteiger partial charge in [0.1, 0.15) is 5.69 Å². The summed E-state index contributed by atoms with van der Waals surface area (Å²) in [5, 5.41) is 5.92. The highest BCUT2D eigenvalue weighted by Gasteiger charge is 2.37. The number of nitrogens with zero attached hydrogens (tertiary/aromatic N) is 4. The third-order valence-corrected chi connectivity index (χ3v) is 7.78. The first kappa shape index (κ1) is 29.1. The van der Waals surface area contributed by atoms with Gasteiger partial charge in [0.2, 0.25) is 0 Å². The largest absolute Gasteiger partial charge is 0.435 e. The van der Waals surface area contributed by atoms with Crippen molar-refractivity contribution in [2.75, 3.05) is 16.8 Å². The zero-order chi connectivity index (χ0) is 27.3. The highest BCUT2D eigenvalue weighted by atomic mass is 35.5. The number of nitrogens with one attached hydrogen (secondary N) is 1. The molecule has 0 aliphatic rings. The Kier molecular flexibility index (Phi) is 9.74. The van der Waals surface area contributed by atoms with E-state index in [1.165, 1.54) is 30.5 Å². The number of hydrogen-bond donors (Lipinski definition) is 1. The predicted octanol–water partition coefficient (Wildman–Crippen LogP) is 7.26. The van der Waals surface area contributed by atoms with Gasteiger partial charge in [-0.25, -0.2) is 9.67 Å². The lowest BCUT2D eigenvalue weighted by atomic mass is 10.1. The fourth-order valence-electron chi connectivity index (χ4n) is 3.25. The van der Waals surface area contributed by atoms with Gasteiger partial charge in [-0.2, -0.15) is 22.6 Å². The molecular weight excluding hydrogens is 574 g/mol. The SMILES string of the molecule is CCCS(CCC)=NC(=O)c1cc(Cl)cc(Cl)c1NC(=O)c1cc(C(F)(F)F)nn1-c1ncccc1Cl. The summed E-state index contributed by atoms with van der Waals surface area (Å²) in [6, 6.07) is 6.00. The predicted molar refractivity (Wildman–Crippen MR) is 140 cm³/mol. The van der Waals surface area contributed by atoms with Gasteiger partial charge in [0, 0.05) is 28.8 Å². The van der Waals surface area contributed by atoms with Crippen molar-refractivity contribution in [1.82, 2.24) is 14.8 Å². The van der Waals surface area contributed by atoms with Crippen molar-refractivity contribution >= 4 is 63.0 Å². The number of rotatable bonds is 8. The summed E-state index contributed by atoms with van der Waals surface area (Å²) < 4.78 is 45.3. The average molecular weight is 595 g/mol. The van der Waals surface area contributed by atoms with Crippen LogP contribution >= 0.6 is 34.8 Å². The van der Waals surface area contributed by atoms with E-state index in [-0.39, 0.29) is 32.1 Å². The fourth-order valence-corrected chi connectivity index (χ4v) is 5.66. The monoisotopic (exact) mass is 593 g/mol. The fraction of sp³-hybridized carbons (Fsp3) is 0.304. The Morgan fingerprint density at radius 3 is 2.35 bits per heavy atom. The van der Waals surface area contributed by atoms with Gasteiger partial charge in [0.15, 0.2) is 11.5 Å². The maximum Gasteiger partial charge on any atom is 0.435 e. The molecule has 1 N–H and O–H groups in total. The normalized spacial score (nSPS) is 11.6. The number of carbonyl (C=O) groups is 2. The van der Waals surface area contributed by atoms with E-state index in [4.69, 9.17) is 34.8 Å². The standard InChI is InChI=1S/C23H21Cl3F3N5O2S/c1-3-8-37(9-4-2)33-21(35)14-10-13(24)11-16(26)19(14)31-22(36)17-12-18(23(27,28)29)32-34(17)20-15(25)6-5-7-30-20/h5-7,10-12H,3-4,8-9H2,1-2H3,(H,31,36). The first-order valence-electron chi connectivity index (χ1n) is 11.0. The van der Waals surface area contributed by atoms with E-state index in [9.17, 15) is 22.8 Å². The van der Waals surface area contributed by atoms with Crippen LogP contribution in [0.2, 0.25) is 15.1 Å². The van der Waals surface area contributed by atoms with Crippen molar-refractivity contribution in [3.05, 3.63) is 68.5 Å². The molecular formula is C23H21Cl3F3N5O2S. The van der Waals surface area contributed by atoms with Gasteiger partial charge in [-0.05, 0) is 37.1 Å². The van der Waals surface area contributed by atoms with Crippen LogP contribution < -0.4 is 5.32 Å². The minimum atomic E-state index is -4.85. The molecule has 37 heavy (non-hydrogen) atoms. The van der Waals surface area contributed by atoms with E-state index in [2.05, 4.69) is 19.8 Å². The van der Waals surface area contributed by atoms with Crippen LogP contribution in [0.15, 0.2) is 40.9 Å². The maximum absolute atomic E-state index is 13.5. The van der Waals surface area contributed by atoms with Crippen LogP contribution in [0.5, 0.6) is 0 Å². The number of halogens is 6. The molecule has 2 amide bonds. The number of aromatic nitrogens is 3. The second kappa shape index (κ2) is 12.4. The van der Waals surface area contributed by atoms with Crippen LogP contribution in [0.3, 0.4) is 0 Å². The summed E-state index contributed by atoms with van der Waals surface area (Å²) in [4.78, 5) is 30.3. The summed E-state index contributed by atoms with van der Waals surface area (Å²) in [7, 11) is -0.549. The van der Waals surface area contributed by atoms with Crippen molar-refractivity contribution in [1.29, 1.82) is 0 Å². The van der Waals surface area contributed by atoms with Gasteiger partial charge >= 0.3 is 6.18 Å². The summed E-state index contributed by atoms with van der Waals surface area (Å²) in [6.45, 7) is 3.95. The molecule has 2 aromatic heterocycles. The molecule has 1 aromatic carbocycles. The molecule has 3 aromatic rings. The van der Waals surface area contributed by atoms with Crippen LogP contribution in [-0.4, -0.2) is 38.1 Å². The van der Waals surface area contributed by atoms with E-state index < -0.39 is 40.1 Å². The smallest absolute Gasteiger partial charge is 0.319 e. The molecule has 0 spiro atoms. The Bertz CT molecular complexity index is 1350. The minimum Gasteiger partial charge on any atom is -0.319 e. The number of pyridine rings is 1. The summed E-state index contributed by atoms with van der Waals surface area (Å²) in [5.74, 6) is -0.465. The van der Waals surface area contributed by atoms with Crippen LogP contribution in [0.4, 0.5) is 18.9 Å².